The molecule has 1 unspecified atom stereocenters. The van der Waals surface area contributed by atoms with Gasteiger partial charge in [0, 0.05) is 26.2 Å². The van der Waals surface area contributed by atoms with E-state index in [1.165, 1.54) is 19.3 Å². The minimum atomic E-state index is 0. The molecule has 0 amide bonds. The Bertz CT molecular complexity index is 511. The molecule has 2 heterocycles. The molecule has 0 spiro atoms. The summed E-state index contributed by atoms with van der Waals surface area (Å²) in [7, 11) is 1.85. The minimum absolute atomic E-state index is 0. The van der Waals surface area contributed by atoms with Gasteiger partial charge in [0.25, 0.3) is 0 Å². The second-order valence-electron chi connectivity index (χ2n) is 6.84. The zero-order valence-electron chi connectivity index (χ0n) is 15.7. The maximum atomic E-state index is 5.39. The maximum absolute atomic E-state index is 5.39. The van der Waals surface area contributed by atoms with Gasteiger partial charge in [-0.2, -0.15) is 0 Å². The first kappa shape index (κ1) is 21.3. The summed E-state index contributed by atoms with van der Waals surface area (Å²) in [5.74, 6) is 3.86. The first-order valence-electron chi connectivity index (χ1n) is 9.00. The van der Waals surface area contributed by atoms with Gasteiger partial charge in [0.15, 0.2) is 11.7 Å². The standard InChI is InChI=1S/C18H32N4O.HI/c1-6-14(7-2)15-8-9-22(12-15)18(19-5)20-11-16-10-17(13(3)4)21-23-16;/h10,13-15H,6-9,11-12H2,1-5H3,(H,19,20);1H. The van der Waals surface area contributed by atoms with Crippen LogP contribution in [0.2, 0.25) is 0 Å². The SMILES string of the molecule is CCC(CC)C1CCN(C(=NC)NCc2cc(C(C)C)no2)C1.I. The molecular weight excluding hydrogens is 415 g/mol. The van der Waals surface area contributed by atoms with E-state index in [0.717, 1.165) is 42.3 Å². The van der Waals surface area contributed by atoms with Crippen LogP contribution in [0.4, 0.5) is 0 Å². The van der Waals surface area contributed by atoms with Gasteiger partial charge in [0.2, 0.25) is 0 Å². The highest BCUT2D eigenvalue weighted by Gasteiger charge is 2.29. The number of nitrogens with one attached hydrogen (secondary N) is 1. The summed E-state index contributed by atoms with van der Waals surface area (Å²) in [5.41, 5.74) is 1.01. The van der Waals surface area contributed by atoms with Gasteiger partial charge in [0.1, 0.15) is 0 Å². The molecule has 2 rings (SSSR count). The summed E-state index contributed by atoms with van der Waals surface area (Å²) < 4.78 is 5.39. The minimum Gasteiger partial charge on any atom is -0.359 e. The van der Waals surface area contributed by atoms with E-state index >= 15 is 0 Å². The average molecular weight is 448 g/mol. The summed E-state index contributed by atoms with van der Waals surface area (Å²) in [5, 5.41) is 7.52. The van der Waals surface area contributed by atoms with Gasteiger partial charge in [-0.1, -0.05) is 45.7 Å². The summed E-state index contributed by atoms with van der Waals surface area (Å²) in [6, 6.07) is 2.03. The Labute approximate surface area is 163 Å². The molecule has 1 aromatic rings. The second-order valence-corrected chi connectivity index (χ2v) is 6.84. The Morgan fingerprint density at radius 1 is 1.42 bits per heavy atom. The van der Waals surface area contributed by atoms with Crippen molar-refractivity contribution in [2.45, 2.75) is 59.4 Å². The molecule has 0 saturated carbocycles. The van der Waals surface area contributed by atoms with Crippen LogP contribution >= 0.6 is 24.0 Å². The molecule has 1 aromatic heterocycles. The number of hydrogen-bond donors (Lipinski definition) is 1. The number of nitrogens with zero attached hydrogens (tertiary/aromatic N) is 3. The molecule has 6 heteroatoms. The predicted octanol–water partition coefficient (Wildman–Crippen LogP) is 4.25. The maximum Gasteiger partial charge on any atom is 0.194 e. The van der Waals surface area contributed by atoms with Gasteiger partial charge in [-0.05, 0) is 24.2 Å². The van der Waals surface area contributed by atoms with Crippen molar-refractivity contribution in [3.05, 3.63) is 17.5 Å². The highest BCUT2D eigenvalue weighted by Crippen LogP contribution is 2.28. The summed E-state index contributed by atoms with van der Waals surface area (Å²) in [4.78, 5) is 6.82. The predicted molar refractivity (Wildman–Crippen MR) is 110 cm³/mol. The molecule has 1 N–H and O–H groups in total. The fraction of sp³-hybridized carbons (Fsp3) is 0.778. The van der Waals surface area contributed by atoms with Crippen LogP contribution in [-0.4, -0.2) is 36.2 Å². The van der Waals surface area contributed by atoms with Crippen molar-refractivity contribution >= 4 is 29.9 Å². The first-order chi connectivity index (χ1) is 11.1. The zero-order chi connectivity index (χ0) is 16.8. The second kappa shape index (κ2) is 10.3. The van der Waals surface area contributed by atoms with Crippen LogP contribution in [0.5, 0.6) is 0 Å². The lowest BCUT2D eigenvalue weighted by molar-refractivity contribution is 0.318. The monoisotopic (exact) mass is 448 g/mol. The molecule has 0 radical (unpaired) electrons. The number of rotatable bonds is 6. The number of aromatic nitrogens is 1. The zero-order valence-corrected chi connectivity index (χ0v) is 18.0. The smallest absolute Gasteiger partial charge is 0.194 e. The third-order valence-corrected chi connectivity index (χ3v) is 5.04. The molecule has 24 heavy (non-hydrogen) atoms. The third-order valence-electron chi connectivity index (χ3n) is 5.04. The molecular formula is C18H33IN4O. The van der Waals surface area contributed by atoms with Crippen molar-refractivity contribution in [1.82, 2.24) is 15.4 Å². The van der Waals surface area contributed by atoms with E-state index in [0.29, 0.717) is 12.5 Å². The van der Waals surface area contributed by atoms with Crippen molar-refractivity contribution in [2.75, 3.05) is 20.1 Å². The van der Waals surface area contributed by atoms with E-state index in [1.807, 2.05) is 13.1 Å². The molecule has 0 aromatic carbocycles. The van der Waals surface area contributed by atoms with Crippen LogP contribution in [0.25, 0.3) is 0 Å². The van der Waals surface area contributed by atoms with E-state index in [-0.39, 0.29) is 24.0 Å². The van der Waals surface area contributed by atoms with Crippen molar-refractivity contribution in [3.63, 3.8) is 0 Å². The largest absolute Gasteiger partial charge is 0.359 e. The van der Waals surface area contributed by atoms with Crippen LogP contribution in [0, 0.1) is 11.8 Å². The Morgan fingerprint density at radius 3 is 2.67 bits per heavy atom. The molecule has 1 aliphatic heterocycles. The molecule has 1 fully saturated rings. The summed E-state index contributed by atoms with van der Waals surface area (Å²) >= 11 is 0. The number of likely N-dealkylation sites (tertiary alicyclic amines) is 1. The normalized spacial score (nSPS) is 18.4. The van der Waals surface area contributed by atoms with Crippen LogP contribution in [0.3, 0.4) is 0 Å². The molecule has 0 bridgehead atoms. The van der Waals surface area contributed by atoms with Crippen LogP contribution in [0.1, 0.15) is 64.3 Å². The summed E-state index contributed by atoms with van der Waals surface area (Å²) in [6.07, 6.45) is 3.82. The molecule has 5 nitrogen and oxygen atoms in total. The lowest BCUT2D eigenvalue weighted by Gasteiger charge is -2.24. The van der Waals surface area contributed by atoms with Gasteiger partial charge in [-0.25, -0.2) is 0 Å². The molecule has 1 atom stereocenters. The number of guanidine groups is 1. The van der Waals surface area contributed by atoms with Gasteiger partial charge in [-0.15, -0.1) is 24.0 Å². The van der Waals surface area contributed by atoms with E-state index in [4.69, 9.17) is 4.52 Å². The van der Waals surface area contributed by atoms with E-state index in [1.54, 1.807) is 0 Å². The van der Waals surface area contributed by atoms with Crippen LogP contribution < -0.4 is 5.32 Å². The van der Waals surface area contributed by atoms with Gasteiger partial charge in [0.05, 0.1) is 12.2 Å². The summed E-state index contributed by atoms with van der Waals surface area (Å²) in [6.45, 7) is 11.7. The Morgan fingerprint density at radius 2 is 2.12 bits per heavy atom. The van der Waals surface area contributed by atoms with Gasteiger partial charge < -0.3 is 14.7 Å². The van der Waals surface area contributed by atoms with Crippen molar-refractivity contribution in [3.8, 4) is 0 Å². The fourth-order valence-corrected chi connectivity index (χ4v) is 3.50. The third kappa shape index (κ3) is 5.36. The quantitative estimate of drug-likeness (QED) is 0.402. The van der Waals surface area contributed by atoms with Crippen LogP contribution in [-0.2, 0) is 6.54 Å². The molecule has 1 saturated heterocycles. The van der Waals surface area contributed by atoms with Gasteiger partial charge >= 0.3 is 0 Å². The molecule has 1 aliphatic rings. The number of halogens is 1. The molecule has 138 valence electrons. The molecule has 0 aliphatic carbocycles. The van der Waals surface area contributed by atoms with E-state index in [9.17, 15) is 0 Å². The van der Waals surface area contributed by atoms with Crippen molar-refractivity contribution in [2.24, 2.45) is 16.8 Å². The number of aliphatic imine (C=N–C) groups is 1. The first-order valence-corrected chi connectivity index (χ1v) is 9.00. The fourth-order valence-electron chi connectivity index (χ4n) is 3.50. The average Bonchev–Trinajstić information content (AvgIpc) is 3.19. The van der Waals surface area contributed by atoms with Crippen molar-refractivity contribution < 1.29 is 4.52 Å². The van der Waals surface area contributed by atoms with Gasteiger partial charge in [-0.3, -0.25) is 4.99 Å². The Hall–Kier alpha value is -0.790. The highest BCUT2D eigenvalue weighted by molar-refractivity contribution is 14.0. The van der Waals surface area contributed by atoms with Crippen LogP contribution in [0.15, 0.2) is 15.6 Å². The lowest BCUT2D eigenvalue weighted by atomic mass is 9.87. The van der Waals surface area contributed by atoms with E-state index in [2.05, 4.69) is 48.1 Å². The van der Waals surface area contributed by atoms with E-state index < -0.39 is 0 Å². The van der Waals surface area contributed by atoms with Crippen molar-refractivity contribution in [1.29, 1.82) is 0 Å². The Kier molecular flexibility index (Phi) is 9.08. The lowest BCUT2D eigenvalue weighted by Crippen LogP contribution is -2.40. The number of hydrogen-bond acceptors (Lipinski definition) is 3. The Balaban J connectivity index is 0.00000288. The topological polar surface area (TPSA) is 53.7 Å². The highest BCUT2D eigenvalue weighted by atomic mass is 127.